The summed E-state index contributed by atoms with van der Waals surface area (Å²) in [5.74, 6) is 0. The van der Waals surface area contributed by atoms with E-state index in [1.807, 2.05) is 30.3 Å². The van der Waals surface area contributed by atoms with Gasteiger partial charge in [-0.3, -0.25) is 0 Å². The lowest BCUT2D eigenvalue weighted by atomic mass is 9.95. The Balaban J connectivity index is 2.59. The maximum Gasteiger partial charge on any atom is 0.479 e. The molecule has 0 N–H and O–H groups in total. The van der Waals surface area contributed by atoms with Crippen LogP contribution in [0.2, 0.25) is 0 Å². The largest absolute Gasteiger partial charge is 0.635 e. The number of benzene rings is 1. The monoisotopic (exact) mass is 151 g/mol. The molecule has 0 amide bonds. The zero-order valence-electron chi connectivity index (χ0n) is 5.78. The second-order valence-electron chi connectivity index (χ2n) is 2.03. The standard InChI is InChI=1S/C7H8BOS/c1-10(9)8-7-5-3-2-4-6-7/h2-6H,1H3. The van der Waals surface area contributed by atoms with E-state index in [9.17, 15) is 4.55 Å². The molecule has 1 atom stereocenters. The molecule has 1 unspecified atom stereocenters. The molecule has 0 spiro atoms. The molecule has 1 aromatic rings. The molecule has 1 rings (SSSR count). The molecule has 1 radical (unpaired) electrons. The first kappa shape index (κ1) is 7.70. The van der Waals surface area contributed by atoms with Crippen LogP contribution in [-0.2, 0) is 11.0 Å². The highest BCUT2D eigenvalue weighted by atomic mass is 32.2. The molecule has 1 aromatic carbocycles. The van der Waals surface area contributed by atoms with Crippen LogP contribution in [0.15, 0.2) is 30.3 Å². The first-order chi connectivity index (χ1) is 4.79. The van der Waals surface area contributed by atoms with Crippen molar-refractivity contribution in [2.24, 2.45) is 0 Å². The lowest BCUT2D eigenvalue weighted by Crippen LogP contribution is -2.22. The molecule has 0 heterocycles. The van der Waals surface area contributed by atoms with Crippen molar-refractivity contribution in [2.75, 3.05) is 6.26 Å². The minimum Gasteiger partial charge on any atom is -0.635 e. The topological polar surface area (TPSA) is 23.1 Å². The van der Waals surface area contributed by atoms with Crippen LogP contribution in [-0.4, -0.2) is 17.4 Å². The predicted octanol–water partition coefficient (Wildman–Crippen LogP) is 0.310. The normalized spacial score (nSPS) is 12.6. The van der Waals surface area contributed by atoms with Gasteiger partial charge in [0.25, 0.3) is 0 Å². The second-order valence-corrected chi connectivity index (χ2v) is 3.26. The molecule has 0 saturated heterocycles. The first-order valence-corrected chi connectivity index (χ1v) is 4.63. The molecule has 0 aliphatic heterocycles. The fourth-order valence-electron chi connectivity index (χ4n) is 0.723. The molecular weight excluding hydrogens is 143 g/mol. The van der Waals surface area contributed by atoms with Crippen molar-refractivity contribution >= 4 is 23.0 Å². The molecular formula is C7H8BOS. The summed E-state index contributed by atoms with van der Waals surface area (Å²) >= 11 is -0.842. The Bertz CT molecular complexity index is 188. The van der Waals surface area contributed by atoms with Crippen molar-refractivity contribution in [3.63, 3.8) is 0 Å². The average molecular weight is 151 g/mol. The van der Waals surface area contributed by atoms with Gasteiger partial charge < -0.3 is 4.55 Å². The molecule has 1 nitrogen and oxygen atoms in total. The van der Waals surface area contributed by atoms with Crippen molar-refractivity contribution in [3.8, 4) is 0 Å². The maximum absolute atomic E-state index is 10.7. The Labute approximate surface area is 64.8 Å². The van der Waals surface area contributed by atoms with Crippen molar-refractivity contribution in [3.05, 3.63) is 30.3 Å². The van der Waals surface area contributed by atoms with Crippen LogP contribution in [0.1, 0.15) is 0 Å². The van der Waals surface area contributed by atoms with Gasteiger partial charge in [-0.25, -0.2) is 0 Å². The van der Waals surface area contributed by atoms with E-state index in [0.717, 1.165) is 5.46 Å². The summed E-state index contributed by atoms with van der Waals surface area (Å²) in [5, 5.41) is 0. The van der Waals surface area contributed by atoms with Crippen molar-refractivity contribution in [1.29, 1.82) is 0 Å². The SMILES string of the molecule is C[S+]([O-])[B]c1ccccc1. The summed E-state index contributed by atoms with van der Waals surface area (Å²) in [4.78, 5) is 0. The Hall–Kier alpha value is -0.405. The van der Waals surface area contributed by atoms with Crippen molar-refractivity contribution in [1.82, 2.24) is 0 Å². The lowest BCUT2D eigenvalue weighted by Gasteiger charge is -2.00. The third kappa shape index (κ3) is 2.46. The summed E-state index contributed by atoms with van der Waals surface area (Å²) in [6.45, 7) is 1.72. The van der Waals surface area contributed by atoms with Crippen molar-refractivity contribution < 1.29 is 4.55 Å². The van der Waals surface area contributed by atoms with Crippen LogP contribution in [0.25, 0.3) is 0 Å². The number of hydrogen-bond donors (Lipinski definition) is 0. The highest BCUT2D eigenvalue weighted by Gasteiger charge is 2.05. The molecule has 0 aliphatic carbocycles. The smallest absolute Gasteiger partial charge is 0.479 e. The van der Waals surface area contributed by atoms with Gasteiger partial charge in [-0.15, -0.1) is 11.0 Å². The zero-order chi connectivity index (χ0) is 7.40. The van der Waals surface area contributed by atoms with E-state index in [-0.39, 0.29) is 0 Å². The van der Waals surface area contributed by atoms with Gasteiger partial charge in [-0.1, -0.05) is 30.3 Å². The highest BCUT2D eigenvalue weighted by molar-refractivity contribution is 8.15. The lowest BCUT2D eigenvalue weighted by molar-refractivity contribution is 0.613. The van der Waals surface area contributed by atoms with Crippen LogP contribution in [0.5, 0.6) is 0 Å². The van der Waals surface area contributed by atoms with Gasteiger partial charge in [0.2, 0.25) is 0 Å². The van der Waals surface area contributed by atoms with Gasteiger partial charge in [0.15, 0.2) is 0 Å². The number of rotatable bonds is 2. The Morgan fingerprint density at radius 2 is 1.90 bits per heavy atom. The molecule has 0 aromatic heterocycles. The molecule has 10 heavy (non-hydrogen) atoms. The van der Waals surface area contributed by atoms with E-state index >= 15 is 0 Å². The third-order valence-corrected chi connectivity index (χ3v) is 1.71. The summed E-state index contributed by atoms with van der Waals surface area (Å²) < 4.78 is 10.7. The van der Waals surface area contributed by atoms with Gasteiger partial charge in [0.1, 0.15) is 0 Å². The molecule has 0 aliphatic rings. The Morgan fingerprint density at radius 1 is 1.30 bits per heavy atom. The summed E-state index contributed by atoms with van der Waals surface area (Å²) in [6.07, 6.45) is 1.66. The molecule has 0 saturated carbocycles. The van der Waals surface area contributed by atoms with E-state index in [1.54, 1.807) is 12.8 Å². The fraction of sp³-hybridized carbons (Fsp3) is 0.143. The summed E-state index contributed by atoms with van der Waals surface area (Å²) in [7, 11) is 0. The summed E-state index contributed by atoms with van der Waals surface area (Å²) in [5.41, 5.74) is 1.02. The Kier molecular flexibility index (Phi) is 2.84. The molecule has 51 valence electrons. The summed E-state index contributed by atoms with van der Waals surface area (Å²) in [6, 6.07) is 9.66. The maximum atomic E-state index is 10.7. The van der Waals surface area contributed by atoms with E-state index in [1.165, 1.54) is 0 Å². The van der Waals surface area contributed by atoms with Gasteiger partial charge in [0.05, 0.1) is 6.26 Å². The highest BCUT2D eigenvalue weighted by Crippen LogP contribution is 1.84. The van der Waals surface area contributed by atoms with E-state index in [2.05, 4.69) is 0 Å². The zero-order valence-corrected chi connectivity index (χ0v) is 6.60. The molecule has 0 bridgehead atoms. The van der Waals surface area contributed by atoms with Gasteiger partial charge in [-0.05, 0) is 5.46 Å². The van der Waals surface area contributed by atoms with E-state index < -0.39 is 11.0 Å². The van der Waals surface area contributed by atoms with Gasteiger partial charge in [0, 0.05) is 0 Å². The van der Waals surface area contributed by atoms with Gasteiger partial charge in [-0.2, -0.15) is 0 Å². The third-order valence-electron chi connectivity index (χ3n) is 1.10. The molecule has 3 heteroatoms. The fourth-order valence-corrected chi connectivity index (χ4v) is 1.26. The number of hydrogen-bond acceptors (Lipinski definition) is 1. The Morgan fingerprint density at radius 3 is 2.40 bits per heavy atom. The van der Waals surface area contributed by atoms with Crippen LogP contribution in [0.3, 0.4) is 0 Å². The first-order valence-electron chi connectivity index (χ1n) is 3.01. The van der Waals surface area contributed by atoms with Crippen LogP contribution >= 0.6 is 0 Å². The molecule has 0 fully saturated rings. The van der Waals surface area contributed by atoms with Crippen molar-refractivity contribution in [2.45, 2.75) is 0 Å². The van der Waals surface area contributed by atoms with Crippen LogP contribution in [0, 0.1) is 0 Å². The predicted molar refractivity (Wildman–Crippen MR) is 45.9 cm³/mol. The van der Waals surface area contributed by atoms with E-state index in [4.69, 9.17) is 0 Å². The van der Waals surface area contributed by atoms with Crippen LogP contribution < -0.4 is 5.46 Å². The minimum atomic E-state index is -0.842. The minimum absolute atomic E-state index is 0.842. The quantitative estimate of drug-likeness (QED) is 0.440. The average Bonchev–Trinajstić information content (AvgIpc) is 1.88. The van der Waals surface area contributed by atoms with Gasteiger partial charge >= 0.3 is 6.56 Å². The van der Waals surface area contributed by atoms with Crippen LogP contribution in [0.4, 0.5) is 0 Å². The van der Waals surface area contributed by atoms with E-state index in [0.29, 0.717) is 0 Å². The second kappa shape index (κ2) is 3.69.